The molecule has 0 unspecified atom stereocenters. The lowest BCUT2D eigenvalue weighted by atomic mass is 10.1. The molecule has 4 aromatic rings. The molecule has 1 amide bonds. The van der Waals surface area contributed by atoms with Crippen LogP contribution in [0.1, 0.15) is 27.2 Å². The Kier molecular flexibility index (Phi) is 4.57. The van der Waals surface area contributed by atoms with E-state index in [0.717, 1.165) is 28.3 Å². The first-order chi connectivity index (χ1) is 13.5. The van der Waals surface area contributed by atoms with E-state index in [1.54, 1.807) is 0 Å². The Hall–Kier alpha value is -3.60. The maximum absolute atomic E-state index is 13.2. The highest BCUT2D eigenvalue weighted by Crippen LogP contribution is 2.24. The molecule has 0 saturated carbocycles. The number of carbonyl (C=O) groups excluding carboxylic acids is 1. The average Bonchev–Trinajstić information content (AvgIpc) is 3.28. The third-order valence-electron chi connectivity index (χ3n) is 4.59. The minimum atomic E-state index is -0.173. The van der Waals surface area contributed by atoms with Gasteiger partial charge in [0.15, 0.2) is 5.82 Å². The van der Waals surface area contributed by atoms with Crippen LogP contribution in [0.3, 0.4) is 0 Å². The Morgan fingerprint density at radius 2 is 1.54 bits per heavy atom. The van der Waals surface area contributed by atoms with Crippen molar-refractivity contribution in [1.82, 2.24) is 14.3 Å². The summed E-state index contributed by atoms with van der Waals surface area (Å²) in [6.07, 6.45) is 3.84. The Morgan fingerprint density at radius 3 is 2.18 bits per heavy atom. The van der Waals surface area contributed by atoms with Gasteiger partial charge in [-0.1, -0.05) is 24.3 Å². The number of aromatic nitrogens is 3. The smallest absolute Gasteiger partial charge is 0.261 e. The molecular formula is C23H22N4O. The van der Waals surface area contributed by atoms with Gasteiger partial charge in [0.25, 0.3) is 5.91 Å². The number of rotatable bonds is 4. The normalized spacial score (nSPS) is 10.8. The maximum atomic E-state index is 13.2. The minimum Gasteiger partial charge on any atom is -0.322 e. The van der Waals surface area contributed by atoms with E-state index in [1.165, 1.54) is 0 Å². The Morgan fingerprint density at radius 1 is 0.893 bits per heavy atom. The van der Waals surface area contributed by atoms with Gasteiger partial charge in [-0.15, -0.1) is 0 Å². The van der Waals surface area contributed by atoms with Gasteiger partial charge in [-0.25, -0.2) is 4.68 Å². The lowest BCUT2D eigenvalue weighted by molar-refractivity contribution is 0.102. The molecule has 0 saturated heterocycles. The van der Waals surface area contributed by atoms with Crippen molar-refractivity contribution in [3.8, 4) is 11.5 Å². The molecule has 0 atom stereocenters. The van der Waals surface area contributed by atoms with Gasteiger partial charge >= 0.3 is 0 Å². The molecule has 0 fully saturated rings. The Balaban J connectivity index is 1.82. The number of hydrogen-bond acceptors (Lipinski definition) is 2. The molecule has 0 aliphatic rings. The lowest BCUT2D eigenvalue weighted by Crippen LogP contribution is -2.16. The molecule has 0 aliphatic carbocycles. The van der Waals surface area contributed by atoms with Crippen molar-refractivity contribution in [2.45, 2.75) is 20.8 Å². The van der Waals surface area contributed by atoms with Crippen molar-refractivity contribution in [3.05, 3.63) is 95.4 Å². The van der Waals surface area contributed by atoms with E-state index in [-0.39, 0.29) is 5.91 Å². The van der Waals surface area contributed by atoms with Gasteiger partial charge in [0.1, 0.15) is 5.56 Å². The van der Waals surface area contributed by atoms with Crippen LogP contribution >= 0.6 is 0 Å². The molecule has 0 bridgehead atoms. The summed E-state index contributed by atoms with van der Waals surface area (Å²) >= 11 is 0. The first-order valence-electron chi connectivity index (χ1n) is 9.21. The second-order valence-corrected chi connectivity index (χ2v) is 6.95. The number of carbonyl (C=O) groups is 1. The second-order valence-electron chi connectivity index (χ2n) is 6.95. The number of anilines is 1. The molecule has 1 N–H and O–H groups in total. The van der Waals surface area contributed by atoms with Crippen LogP contribution in [0, 0.1) is 20.8 Å². The summed E-state index contributed by atoms with van der Waals surface area (Å²) in [7, 11) is 0. The van der Waals surface area contributed by atoms with Crippen molar-refractivity contribution in [1.29, 1.82) is 0 Å². The number of hydrogen-bond donors (Lipinski definition) is 1. The fourth-order valence-electron chi connectivity index (χ4n) is 3.48. The largest absolute Gasteiger partial charge is 0.322 e. The maximum Gasteiger partial charge on any atom is 0.261 e. The molecule has 140 valence electrons. The predicted molar refractivity (Wildman–Crippen MR) is 111 cm³/mol. The Bertz CT molecular complexity index is 1100. The molecule has 4 rings (SSSR count). The number of amides is 1. The highest BCUT2D eigenvalue weighted by molar-refractivity contribution is 6.07. The van der Waals surface area contributed by atoms with Gasteiger partial charge in [0, 0.05) is 18.1 Å². The van der Waals surface area contributed by atoms with Crippen LogP contribution in [0.4, 0.5) is 5.69 Å². The third-order valence-corrected chi connectivity index (χ3v) is 4.59. The van der Waals surface area contributed by atoms with Crippen molar-refractivity contribution in [3.63, 3.8) is 0 Å². The van der Waals surface area contributed by atoms with Crippen molar-refractivity contribution >= 4 is 11.6 Å². The van der Waals surface area contributed by atoms with E-state index in [0.29, 0.717) is 11.3 Å². The number of benzene rings is 2. The minimum absolute atomic E-state index is 0.173. The molecule has 2 aromatic heterocycles. The predicted octanol–water partition coefficient (Wildman–Crippen LogP) is 4.84. The van der Waals surface area contributed by atoms with Crippen molar-refractivity contribution in [2.75, 3.05) is 5.32 Å². The van der Waals surface area contributed by atoms with Gasteiger partial charge in [-0.05, 0) is 68.3 Å². The zero-order valence-electron chi connectivity index (χ0n) is 16.2. The van der Waals surface area contributed by atoms with Crippen molar-refractivity contribution < 1.29 is 4.79 Å². The van der Waals surface area contributed by atoms with Crippen LogP contribution in [0.2, 0.25) is 0 Å². The molecule has 2 heterocycles. The SMILES string of the molecule is Cc1cc(C)cc(NC(=O)c2c(C)nn(-c3ccccc3)c2-n2cccc2)c1. The number of para-hydroxylation sites is 1. The first kappa shape index (κ1) is 17.8. The summed E-state index contributed by atoms with van der Waals surface area (Å²) in [5, 5.41) is 7.71. The number of aryl methyl sites for hydroxylation is 3. The van der Waals surface area contributed by atoms with Gasteiger partial charge in [-0.2, -0.15) is 5.10 Å². The zero-order chi connectivity index (χ0) is 19.7. The molecule has 2 aromatic carbocycles. The van der Waals surface area contributed by atoms with E-state index in [1.807, 2.05) is 97.0 Å². The summed E-state index contributed by atoms with van der Waals surface area (Å²) in [5.41, 5.74) is 5.14. The number of nitrogens with zero attached hydrogens (tertiary/aromatic N) is 3. The van der Waals surface area contributed by atoms with Crippen LogP contribution < -0.4 is 5.32 Å². The van der Waals surface area contributed by atoms with Crippen LogP contribution in [0.5, 0.6) is 0 Å². The zero-order valence-corrected chi connectivity index (χ0v) is 16.2. The summed E-state index contributed by atoms with van der Waals surface area (Å²) in [5.74, 6) is 0.545. The fraction of sp³-hybridized carbons (Fsp3) is 0.130. The molecule has 5 nitrogen and oxygen atoms in total. The van der Waals surface area contributed by atoms with E-state index in [4.69, 9.17) is 0 Å². The molecule has 0 spiro atoms. The quantitative estimate of drug-likeness (QED) is 0.559. The van der Waals surface area contributed by atoms with Crippen LogP contribution in [-0.2, 0) is 0 Å². The Labute approximate surface area is 164 Å². The monoisotopic (exact) mass is 370 g/mol. The fourth-order valence-corrected chi connectivity index (χ4v) is 3.48. The molecule has 0 aliphatic heterocycles. The van der Waals surface area contributed by atoms with Gasteiger partial charge in [-0.3, -0.25) is 4.79 Å². The average molecular weight is 370 g/mol. The summed E-state index contributed by atoms with van der Waals surface area (Å²) < 4.78 is 3.73. The van der Waals surface area contributed by atoms with E-state index in [9.17, 15) is 4.79 Å². The topological polar surface area (TPSA) is 51.9 Å². The van der Waals surface area contributed by atoms with E-state index in [2.05, 4.69) is 16.5 Å². The summed E-state index contributed by atoms with van der Waals surface area (Å²) in [6, 6.07) is 19.7. The standard InChI is InChI=1S/C23H22N4O/c1-16-13-17(2)15-19(14-16)24-22(28)21-18(3)25-27(20-9-5-4-6-10-20)23(21)26-11-7-8-12-26/h4-15H,1-3H3,(H,24,28). The molecule has 28 heavy (non-hydrogen) atoms. The first-order valence-corrected chi connectivity index (χ1v) is 9.21. The summed E-state index contributed by atoms with van der Waals surface area (Å²) in [6.45, 7) is 5.90. The molecule has 0 radical (unpaired) electrons. The summed E-state index contributed by atoms with van der Waals surface area (Å²) in [4.78, 5) is 13.2. The van der Waals surface area contributed by atoms with Gasteiger partial charge in [0.05, 0.1) is 11.4 Å². The lowest BCUT2D eigenvalue weighted by Gasteiger charge is -2.12. The van der Waals surface area contributed by atoms with Crippen LogP contribution in [0.25, 0.3) is 11.5 Å². The van der Waals surface area contributed by atoms with Gasteiger partial charge in [0.2, 0.25) is 0 Å². The van der Waals surface area contributed by atoms with Crippen LogP contribution in [0.15, 0.2) is 73.1 Å². The second kappa shape index (κ2) is 7.19. The number of nitrogens with one attached hydrogen (secondary N) is 1. The molecule has 5 heteroatoms. The van der Waals surface area contributed by atoms with Crippen LogP contribution in [-0.4, -0.2) is 20.3 Å². The van der Waals surface area contributed by atoms with E-state index >= 15 is 0 Å². The highest BCUT2D eigenvalue weighted by Gasteiger charge is 2.23. The highest BCUT2D eigenvalue weighted by atomic mass is 16.1. The van der Waals surface area contributed by atoms with Crippen molar-refractivity contribution in [2.24, 2.45) is 0 Å². The third kappa shape index (κ3) is 3.34. The van der Waals surface area contributed by atoms with E-state index < -0.39 is 0 Å². The molecular weight excluding hydrogens is 348 g/mol. The van der Waals surface area contributed by atoms with Gasteiger partial charge < -0.3 is 9.88 Å².